The van der Waals surface area contributed by atoms with Crippen LogP contribution in [0.25, 0.3) is 0 Å². The number of hydrogen-bond acceptors (Lipinski definition) is 6. The Labute approximate surface area is 177 Å². The van der Waals surface area contributed by atoms with Crippen molar-refractivity contribution in [2.24, 2.45) is 0 Å². The second kappa shape index (κ2) is 10.2. The van der Waals surface area contributed by atoms with Crippen molar-refractivity contribution in [1.29, 1.82) is 0 Å². The first kappa shape index (κ1) is 21.0. The molecule has 2 N–H and O–H groups in total. The molecule has 0 spiro atoms. The van der Waals surface area contributed by atoms with Crippen LogP contribution in [-0.2, 0) is 17.8 Å². The highest BCUT2D eigenvalue weighted by atomic mass is 16.7. The molecule has 1 aromatic heterocycles. The normalized spacial score (nSPS) is 21.7. The van der Waals surface area contributed by atoms with Gasteiger partial charge < -0.3 is 24.0 Å². The number of piperazine rings is 1. The number of nitrogens with one attached hydrogen (secondary N) is 2. The van der Waals surface area contributed by atoms with Crippen LogP contribution in [0.2, 0.25) is 0 Å². The van der Waals surface area contributed by atoms with Gasteiger partial charge in [-0.05, 0) is 35.0 Å². The molecular weight excluding hydrogens is 384 g/mol. The number of benzene rings is 1. The molecule has 0 aliphatic carbocycles. The number of fused-ring (bicyclic) bond motifs is 1. The molecule has 3 heterocycles. The Kier molecular flexibility index (Phi) is 7.14. The standard InChI is InChI=1S/C21H32N6O3/c1-3-4-5-18(21-22-23-24-27(21)12-13-28-2)26-10-8-25(9-11-26)15-17-6-7-19-20(14-17)30-16-29-19/h6-7,14,18H,3-5,8-13,15-16H2,1-2H3/p+2/t18-/m1/s1. The molecule has 0 unspecified atom stereocenters. The molecule has 1 saturated heterocycles. The monoisotopic (exact) mass is 418 g/mol. The number of unbranched alkanes of at least 4 members (excludes halogenated alkanes) is 1. The van der Waals surface area contributed by atoms with Gasteiger partial charge in [-0.1, -0.05) is 13.3 Å². The topological polar surface area (TPSA) is 80.2 Å². The van der Waals surface area contributed by atoms with Crippen molar-refractivity contribution in [3.8, 4) is 11.5 Å². The SMILES string of the molecule is CCCC[C@H](c1nnnn1CCOC)[NH+]1CC[NH+](Cc2ccc3c(c2)OCO3)CC1. The minimum Gasteiger partial charge on any atom is -0.454 e. The summed E-state index contributed by atoms with van der Waals surface area (Å²) in [5, 5.41) is 12.6. The summed E-state index contributed by atoms with van der Waals surface area (Å²) >= 11 is 0. The minimum absolute atomic E-state index is 0.330. The van der Waals surface area contributed by atoms with E-state index in [0.717, 1.165) is 56.5 Å². The number of hydrogen-bond donors (Lipinski definition) is 2. The molecule has 9 heteroatoms. The Bertz CT molecular complexity index is 806. The van der Waals surface area contributed by atoms with Crippen LogP contribution in [0.4, 0.5) is 0 Å². The lowest BCUT2D eigenvalue weighted by Crippen LogP contribution is -3.27. The molecular formula is C21H34N6O3+2. The number of aromatic nitrogens is 4. The highest BCUT2D eigenvalue weighted by molar-refractivity contribution is 5.44. The molecule has 164 valence electrons. The van der Waals surface area contributed by atoms with Gasteiger partial charge in [-0.15, -0.1) is 5.10 Å². The van der Waals surface area contributed by atoms with Gasteiger partial charge in [0.05, 0.1) is 13.2 Å². The van der Waals surface area contributed by atoms with E-state index in [0.29, 0.717) is 26.0 Å². The van der Waals surface area contributed by atoms with Gasteiger partial charge in [0.1, 0.15) is 38.8 Å². The maximum Gasteiger partial charge on any atom is 0.231 e. The number of tetrazole rings is 1. The van der Waals surface area contributed by atoms with Gasteiger partial charge in [-0.2, -0.15) is 0 Å². The van der Waals surface area contributed by atoms with Crippen LogP contribution in [0.15, 0.2) is 18.2 Å². The molecule has 0 saturated carbocycles. The van der Waals surface area contributed by atoms with E-state index in [4.69, 9.17) is 14.2 Å². The Morgan fingerprint density at radius 1 is 1.17 bits per heavy atom. The summed E-state index contributed by atoms with van der Waals surface area (Å²) < 4.78 is 18.1. The predicted molar refractivity (Wildman–Crippen MR) is 110 cm³/mol. The molecule has 30 heavy (non-hydrogen) atoms. The largest absolute Gasteiger partial charge is 0.454 e. The zero-order valence-electron chi connectivity index (χ0n) is 18.1. The second-order valence-corrected chi connectivity index (χ2v) is 8.22. The van der Waals surface area contributed by atoms with Crippen LogP contribution in [-0.4, -0.2) is 66.9 Å². The first-order chi connectivity index (χ1) is 14.8. The van der Waals surface area contributed by atoms with Gasteiger partial charge in [-0.25, -0.2) is 4.68 Å². The first-order valence-corrected chi connectivity index (χ1v) is 11.1. The van der Waals surface area contributed by atoms with Crippen molar-refractivity contribution in [3.05, 3.63) is 29.6 Å². The smallest absolute Gasteiger partial charge is 0.231 e. The van der Waals surface area contributed by atoms with E-state index >= 15 is 0 Å². The predicted octanol–water partition coefficient (Wildman–Crippen LogP) is -0.737. The van der Waals surface area contributed by atoms with Crippen molar-refractivity contribution in [1.82, 2.24) is 20.2 Å². The zero-order chi connectivity index (χ0) is 20.8. The third-order valence-corrected chi connectivity index (χ3v) is 6.21. The number of nitrogens with zero attached hydrogens (tertiary/aromatic N) is 4. The third-order valence-electron chi connectivity index (χ3n) is 6.21. The fourth-order valence-corrected chi connectivity index (χ4v) is 4.51. The molecule has 0 radical (unpaired) electrons. The molecule has 9 nitrogen and oxygen atoms in total. The molecule has 1 atom stereocenters. The van der Waals surface area contributed by atoms with Gasteiger partial charge in [0.25, 0.3) is 0 Å². The summed E-state index contributed by atoms with van der Waals surface area (Å²) in [5.74, 6) is 2.74. The maximum absolute atomic E-state index is 5.53. The lowest BCUT2D eigenvalue weighted by Gasteiger charge is -2.34. The molecule has 1 fully saturated rings. The molecule has 0 bridgehead atoms. The number of ether oxygens (including phenoxy) is 3. The maximum atomic E-state index is 5.53. The zero-order valence-corrected chi connectivity index (χ0v) is 18.1. The Morgan fingerprint density at radius 3 is 2.80 bits per heavy atom. The van der Waals surface area contributed by atoms with E-state index < -0.39 is 0 Å². The van der Waals surface area contributed by atoms with Gasteiger partial charge >= 0.3 is 0 Å². The molecule has 2 aromatic rings. The van der Waals surface area contributed by atoms with Crippen molar-refractivity contribution in [2.75, 3.05) is 46.7 Å². The minimum atomic E-state index is 0.330. The summed E-state index contributed by atoms with van der Waals surface area (Å²) in [6, 6.07) is 6.67. The van der Waals surface area contributed by atoms with Crippen LogP contribution in [0, 0.1) is 0 Å². The molecule has 4 rings (SSSR count). The summed E-state index contributed by atoms with van der Waals surface area (Å²) in [6.07, 6.45) is 3.50. The van der Waals surface area contributed by atoms with Gasteiger partial charge in [-0.3, -0.25) is 0 Å². The van der Waals surface area contributed by atoms with E-state index in [9.17, 15) is 0 Å². The van der Waals surface area contributed by atoms with E-state index in [1.807, 2.05) is 10.7 Å². The van der Waals surface area contributed by atoms with Crippen molar-refractivity contribution < 1.29 is 24.0 Å². The van der Waals surface area contributed by atoms with Gasteiger partial charge in [0.15, 0.2) is 11.5 Å². The van der Waals surface area contributed by atoms with Crippen LogP contribution >= 0.6 is 0 Å². The van der Waals surface area contributed by atoms with Crippen LogP contribution < -0.4 is 19.3 Å². The quantitative estimate of drug-likeness (QED) is 0.529. The summed E-state index contributed by atoms with van der Waals surface area (Å²) in [5.41, 5.74) is 1.31. The van der Waals surface area contributed by atoms with E-state index in [2.05, 4.69) is 34.6 Å². The number of methoxy groups -OCH3 is 1. The number of quaternary nitrogens is 2. The van der Waals surface area contributed by atoms with E-state index in [1.54, 1.807) is 16.9 Å². The molecule has 2 aliphatic rings. The fourth-order valence-electron chi connectivity index (χ4n) is 4.51. The van der Waals surface area contributed by atoms with E-state index in [1.165, 1.54) is 18.4 Å². The summed E-state index contributed by atoms with van der Waals surface area (Å²) in [4.78, 5) is 3.22. The van der Waals surface area contributed by atoms with Crippen molar-refractivity contribution >= 4 is 0 Å². The van der Waals surface area contributed by atoms with Crippen molar-refractivity contribution in [3.63, 3.8) is 0 Å². The molecule has 2 aliphatic heterocycles. The van der Waals surface area contributed by atoms with Gasteiger partial charge in [0.2, 0.25) is 12.6 Å². The highest BCUT2D eigenvalue weighted by Gasteiger charge is 2.33. The third kappa shape index (κ3) is 4.91. The Hall–Kier alpha value is -2.23. The number of rotatable bonds is 10. The fraction of sp³-hybridized carbons (Fsp3) is 0.667. The second-order valence-electron chi connectivity index (χ2n) is 8.22. The Balaban J connectivity index is 1.37. The average Bonchev–Trinajstić information content (AvgIpc) is 3.43. The molecule has 1 aromatic carbocycles. The van der Waals surface area contributed by atoms with E-state index in [-0.39, 0.29) is 0 Å². The van der Waals surface area contributed by atoms with Crippen LogP contribution in [0.3, 0.4) is 0 Å². The lowest BCUT2D eigenvalue weighted by molar-refractivity contribution is -1.03. The summed E-state index contributed by atoms with van der Waals surface area (Å²) in [7, 11) is 1.71. The average molecular weight is 419 g/mol. The van der Waals surface area contributed by atoms with Crippen LogP contribution in [0.5, 0.6) is 11.5 Å². The molecule has 0 amide bonds. The van der Waals surface area contributed by atoms with Crippen LogP contribution in [0.1, 0.15) is 43.6 Å². The highest BCUT2D eigenvalue weighted by Crippen LogP contribution is 2.32. The summed E-state index contributed by atoms with van der Waals surface area (Å²) in [6.45, 7) is 9.48. The first-order valence-electron chi connectivity index (χ1n) is 11.1. The Morgan fingerprint density at radius 2 is 2.00 bits per heavy atom. The van der Waals surface area contributed by atoms with Crippen molar-refractivity contribution in [2.45, 2.75) is 45.3 Å². The lowest BCUT2D eigenvalue weighted by atomic mass is 10.1. The van der Waals surface area contributed by atoms with Gasteiger partial charge in [0, 0.05) is 19.1 Å².